The van der Waals surface area contributed by atoms with Gasteiger partial charge in [-0.2, -0.15) is 0 Å². The molecule has 3 rings (SSSR count). The third kappa shape index (κ3) is 1.82. The minimum absolute atomic E-state index is 0.113. The van der Waals surface area contributed by atoms with Crippen molar-refractivity contribution in [1.29, 1.82) is 0 Å². The monoisotopic (exact) mass is 262 g/mol. The molecule has 0 radical (unpaired) electrons. The Morgan fingerprint density at radius 2 is 2.33 bits per heavy atom. The Kier molecular flexibility index (Phi) is 2.66. The van der Waals surface area contributed by atoms with Crippen molar-refractivity contribution in [2.45, 2.75) is 25.8 Å². The van der Waals surface area contributed by atoms with Crippen molar-refractivity contribution in [1.82, 2.24) is 19.9 Å². The number of aryl methyl sites for hydroxylation is 1. The highest BCUT2D eigenvalue weighted by atomic mass is 32.1. The van der Waals surface area contributed by atoms with Gasteiger partial charge >= 0.3 is 0 Å². The first kappa shape index (κ1) is 11.4. The fraction of sp³-hybridized carbons (Fsp3) is 0.417. The average Bonchev–Trinajstić information content (AvgIpc) is 2.66. The second-order valence-corrected chi connectivity index (χ2v) is 5.01. The number of hydrogen-bond donors (Lipinski definition) is 2. The van der Waals surface area contributed by atoms with E-state index < -0.39 is 0 Å². The number of rotatable bonds is 1. The molecule has 6 heteroatoms. The van der Waals surface area contributed by atoms with E-state index in [2.05, 4.69) is 15.3 Å². The Morgan fingerprint density at radius 1 is 1.50 bits per heavy atom. The van der Waals surface area contributed by atoms with Crippen LogP contribution in [0.1, 0.15) is 24.6 Å². The summed E-state index contributed by atoms with van der Waals surface area (Å²) in [6.07, 6.45) is 1.35. The van der Waals surface area contributed by atoms with Gasteiger partial charge in [-0.3, -0.25) is 9.36 Å². The summed E-state index contributed by atoms with van der Waals surface area (Å²) in [6, 6.07) is 4.14. The molecule has 3 heterocycles. The van der Waals surface area contributed by atoms with Gasteiger partial charge < -0.3 is 10.3 Å². The number of imidazole rings is 1. The first-order chi connectivity index (χ1) is 8.65. The van der Waals surface area contributed by atoms with Crippen molar-refractivity contribution in [3.05, 3.63) is 22.6 Å². The molecule has 0 aromatic carbocycles. The molecule has 0 spiro atoms. The zero-order chi connectivity index (χ0) is 12.7. The molecule has 2 aromatic heterocycles. The lowest BCUT2D eigenvalue weighted by Crippen LogP contribution is -2.36. The molecule has 18 heavy (non-hydrogen) atoms. The Bertz CT molecular complexity index is 662. The van der Waals surface area contributed by atoms with Gasteiger partial charge in [-0.05, 0) is 37.7 Å². The maximum absolute atomic E-state index is 11.2. The SMILES string of the molecule is Cc1ccc2[nH]c(=S)n(C3CCC(=O)NC3)c2n1. The third-order valence-electron chi connectivity index (χ3n) is 3.31. The van der Waals surface area contributed by atoms with Gasteiger partial charge in [-0.1, -0.05) is 0 Å². The molecule has 2 N–H and O–H groups in total. The quantitative estimate of drug-likeness (QED) is 0.771. The second-order valence-electron chi connectivity index (χ2n) is 4.62. The number of nitrogens with zero attached hydrogens (tertiary/aromatic N) is 2. The number of hydrogen-bond acceptors (Lipinski definition) is 3. The van der Waals surface area contributed by atoms with Gasteiger partial charge in [0, 0.05) is 18.7 Å². The number of piperidine rings is 1. The molecule has 0 saturated carbocycles. The maximum Gasteiger partial charge on any atom is 0.220 e. The lowest BCUT2D eigenvalue weighted by molar-refractivity contribution is -0.122. The smallest absolute Gasteiger partial charge is 0.220 e. The number of aromatic amines is 1. The molecule has 2 aromatic rings. The number of carbonyl (C=O) groups excluding carboxylic acids is 1. The molecule has 1 aliphatic heterocycles. The predicted molar refractivity (Wildman–Crippen MR) is 70.9 cm³/mol. The highest BCUT2D eigenvalue weighted by Crippen LogP contribution is 2.23. The first-order valence-electron chi connectivity index (χ1n) is 6.00. The minimum atomic E-state index is 0.113. The standard InChI is InChI=1S/C12H14N4OS/c1-7-2-4-9-11(14-7)16(12(18)15-9)8-3-5-10(17)13-6-8/h2,4,8H,3,5-6H2,1H3,(H,13,17)(H,15,18). The van der Waals surface area contributed by atoms with E-state index in [0.717, 1.165) is 23.3 Å². The molecule has 1 unspecified atom stereocenters. The summed E-state index contributed by atoms with van der Waals surface area (Å²) in [4.78, 5) is 18.9. The van der Waals surface area contributed by atoms with Crippen molar-refractivity contribution in [2.75, 3.05) is 6.54 Å². The third-order valence-corrected chi connectivity index (χ3v) is 3.61. The fourth-order valence-electron chi connectivity index (χ4n) is 2.37. The van der Waals surface area contributed by atoms with E-state index in [4.69, 9.17) is 12.2 Å². The number of pyridine rings is 1. The van der Waals surface area contributed by atoms with E-state index >= 15 is 0 Å². The highest BCUT2D eigenvalue weighted by molar-refractivity contribution is 7.71. The highest BCUT2D eigenvalue weighted by Gasteiger charge is 2.22. The molecule has 0 bridgehead atoms. The summed E-state index contributed by atoms with van der Waals surface area (Å²) < 4.78 is 2.70. The van der Waals surface area contributed by atoms with Gasteiger partial charge in [-0.25, -0.2) is 4.98 Å². The number of aromatic nitrogens is 3. The van der Waals surface area contributed by atoms with Gasteiger partial charge in [0.15, 0.2) is 10.4 Å². The molecule has 94 valence electrons. The van der Waals surface area contributed by atoms with E-state index in [9.17, 15) is 4.79 Å². The van der Waals surface area contributed by atoms with E-state index in [1.54, 1.807) is 0 Å². The molecule has 1 saturated heterocycles. The lowest BCUT2D eigenvalue weighted by Gasteiger charge is -2.23. The molecule has 1 atom stereocenters. The summed E-state index contributed by atoms with van der Waals surface area (Å²) in [5.41, 5.74) is 2.79. The summed E-state index contributed by atoms with van der Waals surface area (Å²) in [5.74, 6) is 0.113. The molecular formula is C12H14N4OS. The van der Waals surface area contributed by atoms with Crippen LogP contribution in [-0.4, -0.2) is 27.0 Å². The van der Waals surface area contributed by atoms with Crippen molar-refractivity contribution < 1.29 is 4.79 Å². The number of fused-ring (bicyclic) bond motifs is 1. The lowest BCUT2D eigenvalue weighted by atomic mass is 10.1. The summed E-state index contributed by atoms with van der Waals surface area (Å²) in [6.45, 7) is 2.58. The van der Waals surface area contributed by atoms with Crippen LogP contribution in [0.25, 0.3) is 11.2 Å². The number of H-pyrrole nitrogens is 1. The van der Waals surface area contributed by atoms with Crippen LogP contribution < -0.4 is 5.32 Å². The van der Waals surface area contributed by atoms with E-state index in [-0.39, 0.29) is 11.9 Å². The van der Waals surface area contributed by atoms with Gasteiger partial charge in [0.25, 0.3) is 0 Å². The molecule has 1 aliphatic rings. The second kappa shape index (κ2) is 4.20. The first-order valence-corrected chi connectivity index (χ1v) is 6.40. The van der Waals surface area contributed by atoms with Crippen LogP contribution in [0.15, 0.2) is 12.1 Å². The minimum Gasteiger partial charge on any atom is -0.354 e. The largest absolute Gasteiger partial charge is 0.354 e. The Hall–Kier alpha value is -1.69. The summed E-state index contributed by atoms with van der Waals surface area (Å²) in [5, 5.41) is 2.88. The summed E-state index contributed by atoms with van der Waals surface area (Å²) >= 11 is 5.36. The topological polar surface area (TPSA) is 62.7 Å². The van der Waals surface area contributed by atoms with Crippen LogP contribution in [0, 0.1) is 11.7 Å². The van der Waals surface area contributed by atoms with Gasteiger partial charge in [0.2, 0.25) is 5.91 Å². The van der Waals surface area contributed by atoms with Gasteiger partial charge in [0.05, 0.1) is 11.6 Å². The maximum atomic E-state index is 11.2. The molecule has 5 nitrogen and oxygen atoms in total. The molecule has 1 fully saturated rings. The van der Waals surface area contributed by atoms with Crippen molar-refractivity contribution >= 4 is 29.3 Å². The van der Waals surface area contributed by atoms with E-state index in [0.29, 0.717) is 17.7 Å². The molecule has 1 amide bonds. The van der Waals surface area contributed by atoms with Crippen LogP contribution in [0.2, 0.25) is 0 Å². The molecule has 0 aliphatic carbocycles. The zero-order valence-electron chi connectivity index (χ0n) is 10.1. The average molecular weight is 262 g/mol. The van der Waals surface area contributed by atoms with Crippen LogP contribution in [0.5, 0.6) is 0 Å². The predicted octanol–water partition coefficient (Wildman–Crippen LogP) is 1.85. The van der Waals surface area contributed by atoms with Crippen LogP contribution in [0.3, 0.4) is 0 Å². The zero-order valence-corrected chi connectivity index (χ0v) is 10.9. The summed E-state index contributed by atoms with van der Waals surface area (Å²) in [7, 11) is 0. The van der Waals surface area contributed by atoms with Gasteiger partial charge in [-0.15, -0.1) is 0 Å². The number of amides is 1. The molecular weight excluding hydrogens is 248 g/mol. The van der Waals surface area contributed by atoms with Crippen molar-refractivity contribution in [3.8, 4) is 0 Å². The Morgan fingerprint density at radius 3 is 3.06 bits per heavy atom. The number of carbonyl (C=O) groups is 1. The van der Waals surface area contributed by atoms with Crippen LogP contribution in [-0.2, 0) is 4.79 Å². The fourth-order valence-corrected chi connectivity index (χ4v) is 2.72. The van der Waals surface area contributed by atoms with Crippen molar-refractivity contribution in [3.63, 3.8) is 0 Å². The Labute approximate surface area is 109 Å². The van der Waals surface area contributed by atoms with Crippen LogP contribution >= 0.6 is 12.2 Å². The van der Waals surface area contributed by atoms with Crippen LogP contribution in [0.4, 0.5) is 0 Å². The normalized spacial score (nSPS) is 20.1. The van der Waals surface area contributed by atoms with Gasteiger partial charge in [0.1, 0.15) is 0 Å². The van der Waals surface area contributed by atoms with E-state index in [1.807, 2.05) is 23.6 Å². The Balaban J connectivity index is 2.10. The van der Waals surface area contributed by atoms with E-state index in [1.165, 1.54) is 0 Å². The number of nitrogens with one attached hydrogen (secondary N) is 2. The van der Waals surface area contributed by atoms with Crippen molar-refractivity contribution in [2.24, 2.45) is 0 Å².